The summed E-state index contributed by atoms with van der Waals surface area (Å²) in [6, 6.07) is 7.12. The Bertz CT molecular complexity index is 860. The normalized spacial score (nSPS) is 10.3. The van der Waals surface area contributed by atoms with Crippen molar-refractivity contribution in [3.05, 3.63) is 52.3 Å². The summed E-state index contributed by atoms with van der Waals surface area (Å²) in [4.78, 5) is 24.6. The van der Waals surface area contributed by atoms with Crippen LogP contribution in [0.2, 0.25) is 5.02 Å². The molecule has 2 N–H and O–H groups in total. The van der Waals surface area contributed by atoms with Crippen LogP contribution in [0, 0.1) is 5.82 Å². The Morgan fingerprint density at radius 1 is 0.967 bits per heavy atom. The number of benzene rings is 2. The van der Waals surface area contributed by atoms with E-state index in [0.717, 1.165) is 0 Å². The molecule has 9 heteroatoms. The van der Waals surface area contributed by atoms with Crippen LogP contribution in [-0.2, 0) is 11.2 Å². The summed E-state index contributed by atoms with van der Waals surface area (Å²) < 4.78 is 30.6. The van der Waals surface area contributed by atoms with Gasteiger partial charge in [0, 0.05) is 16.1 Å². The highest BCUT2D eigenvalue weighted by Crippen LogP contribution is 2.39. The maximum absolute atomic E-state index is 13.8. The molecule has 2 aromatic rings. The minimum absolute atomic E-state index is 0.0456. The Morgan fingerprint density at radius 3 is 2.10 bits per heavy atom. The van der Waals surface area contributed by atoms with Crippen molar-refractivity contribution in [3.63, 3.8) is 0 Å². The molecule has 2 amide bonds. The largest absolute Gasteiger partial charge is 0.490 e. The zero-order chi connectivity index (χ0) is 22.1. The zero-order valence-electron chi connectivity index (χ0n) is 17.0. The number of carbonyl (C=O) groups excluding carboxylic acids is 2. The predicted octanol–water partition coefficient (Wildman–Crippen LogP) is 3.68. The molecule has 0 spiro atoms. The number of halogens is 2. The number of amides is 2. The average molecular weight is 439 g/mol. The quantitative estimate of drug-likeness (QED) is 0.583. The summed E-state index contributed by atoms with van der Waals surface area (Å²) in [5.74, 6) is -0.738. The van der Waals surface area contributed by atoms with Gasteiger partial charge in [-0.05, 0) is 45.0 Å². The Hall–Kier alpha value is -3.00. The summed E-state index contributed by atoms with van der Waals surface area (Å²) >= 11 is 5.92. The van der Waals surface area contributed by atoms with Gasteiger partial charge < -0.3 is 14.2 Å². The molecular weight excluding hydrogens is 415 g/mol. The molecule has 30 heavy (non-hydrogen) atoms. The summed E-state index contributed by atoms with van der Waals surface area (Å²) in [6.45, 7) is 6.53. The van der Waals surface area contributed by atoms with E-state index in [1.807, 2.05) is 6.92 Å². The second kappa shape index (κ2) is 11.3. The monoisotopic (exact) mass is 438 g/mol. The lowest BCUT2D eigenvalue weighted by atomic mass is 10.1. The molecule has 0 saturated heterocycles. The average Bonchev–Trinajstić information content (AvgIpc) is 2.71. The lowest BCUT2D eigenvalue weighted by Crippen LogP contribution is -2.42. The van der Waals surface area contributed by atoms with Crippen molar-refractivity contribution < 1.29 is 28.2 Å². The summed E-state index contributed by atoms with van der Waals surface area (Å²) in [5.41, 5.74) is 4.78. The van der Waals surface area contributed by atoms with Crippen LogP contribution in [0.25, 0.3) is 0 Å². The lowest BCUT2D eigenvalue weighted by molar-refractivity contribution is -0.121. The van der Waals surface area contributed by atoms with E-state index in [0.29, 0.717) is 37.1 Å². The number of carbonyl (C=O) groups is 2. The van der Waals surface area contributed by atoms with Crippen molar-refractivity contribution in [2.24, 2.45) is 0 Å². The first kappa shape index (κ1) is 23.3. The smallest absolute Gasteiger partial charge is 0.269 e. The van der Waals surface area contributed by atoms with E-state index < -0.39 is 17.6 Å². The first-order valence-corrected chi connectivity index (χ1v) is 9.87. The van der Waals surface area contributed by atoms with E-state index >= 15 is 0 Å². The minimum Gasteiger partial charge on any atom is -0.490 e. The van der Waals surface area contributed by atoms with Gasteiger partial charge >= 0.3 is 0 Å². The van der Waals surface area contributed by atoms with Crippen molar-refractivity contribution in [1.29, 1.82) is 0 Å². The molecule has 0 fully saturated rings. The van der Waals surface area contributed by atoms with Crippen molar-refractivity contribution in [2.75, 3.05) is 19.8 Å². The van der Waals surface area contributed by atoms with E-state index in [-0.39, 0.29) is 22.6 Å². The molecule has 0 aliphatic rings. The Balaban J connectivity index is 2.14. The Morgan fingerprint density at radius 2 is 1.57 bits per heavy atom. The topological polar surface area (TPSA) is 85.9 Å². The van der Waals surface area contributed by atoms with E-state index in [2.05, 4.69) is 10.9 Å². The molecular formula is C21H24ClFN2O5. The molecule has 0 saturated carbocycles. The number of rotatable bonds is 9. The molecule has 0 bridgehead atoms. The first-order chi connectivity index (χ1) is 14.4. The van der Waals surface area contributed by atoms with Gasteiger partial charge in [-0.3, -0.25) is 20.4 Å². The fourth-order valence-electron chi connectivity index (χ4n) is 2.62. The third kappa shape index (κ3) is 6.00. The van der Waals surface area contributed by atoms with Crippen molar-refractivity contribution in [1.82, 2.24) is 10.9 Å². The Labute approximate surface area is 179 Å². The van der Waals surface area contributed by atoms with Crippen molar-refractivity contribution in [3.8, 4) is 17.2 Å². The van der Waals surface area contributed by atoms with Crippen LogP contribution in [0.5, 0.6) is 17.2 Å². The van der Waals surface area contributed by atoms with Crippen LogP contribution < -0.4 is 25.1 Å². The third-order valence-corrected chi connectivity index (χ3v) is 4.24. The fourth-order valence-corrected chi connectivity index (χ4v) is 2.85. The molecule has 2 rings (SSSR count). The van der Waals surface area contributed by atoms with Crippen molar-refractivity contribution in [2.45, 2.75) is 27.2 Å². The Kier molecular flexibility index (Phi) is 8.73. The van der Waals surface area contributed by atoms with Gasteiger partial charge in [-0.15, -0.1) is 0 Å². The van der Waals surface area contributed by atoms with Crippen LogP contribution in [0.3, 0.4) is 0 Å². The first-order valence-electron chi connectivity index (χ1n) is 9.49. The van der Waals surface area contributed by atoms with Gasteiger partial charge in [-0.25, -0.2) is 4.39 Å². The highest BCUT2D eigenvalue weighted by Gasteiger charge is 2.19. The highest BCUT2D eigenvalue weighted by molar-refractivity contribution is 6.31. The summed E-state index contributed by atoms with van der Waals surface area (Å²) in [5, 5.41) is 0.130. The number of nitrogens with one attached hydrogen (secondary N) is 2. The van der Waals surface area contributed by atoms with Gasteiger partial charge in [0.05, 0.1) is 26.2 Å². The van der Waals surface area contributed by atoms with Crippen molar-refractivity contribution >= 4 is 23.4 Å². The SMILES string of the molecule is CCOc1cc(C(=O)NNC(=O)Cc2c(F)cccc2Cl)cc(OCC)c1OCC. The maximum atomic E-state index is 13.8. The number of hydrogen-bond donors (Lipinski definition) is 2. The molecule has 0 atom stereocenters. The van der Waals surface area contributed by atoms with Crippen LogP contribution in [0.1, 0.15) is 36.7 Å². The second-order valence-electron chi connectivity index (χ2n) is 5.98. The molecule has 7 nitrogen and oxygen atoms in total. The molecule has 0 aliphatic carbocycles. The van der Waals surface area contributed by atoms with Crippen LogP contribution >= 0.6 is 11.6 Å². The minimum atomic E-state index is -0.628. The van der Waals surface area contributed by atoms with Crippen LogP contribution in [0.4, 0.5) is 4.39 Å². The maximum Gasteiger partial charge on any atom is 0.269 e. The van der Waals surface area contributed by atoms with E-state index in [9.17, 15) is 14.0 Å². The van der Waals surface area contributed by atoms with E-state index in [4.69, 9.17) is 25.8 Å². The van der Waals surface area contributed by atoms with Gasteiger partial charge in [0.15, 0.2) is 11.5 Å². The molecule has 0 heterocycles. The lowest BCUT2D eigenvalue weighted by Gasteiger charge is -2.17. The zero-order valence-corrected chi connectivity index (χ0v) is 17.8. The standard InChI is InChI=1S/C21H24ClFN2O5/c1-4-28-17-10-13(11-18(29-5-2)20(17)30-6-3)21(27)25-24-19(26)12-14-15(22)8-7-9-16(14)23/h7-11H,4-6,12H2,1-3H3,(H,24,26)(H,25,27). The van der Waals surface area contributed by atoms with Crippen LogP contribution in [0.15, 0.2) is 30.3 Å². The summed E-state index contributed by atoms with van der Waals surface area (Å²) in [7, 11) is 0. The molecule has 0 radical (unpaired) electrons. The number of hydrogen-bond acceptors (Lipinski definition) is 5. The van der Waals surface area contributed by atoms with E-state index in [1.165, 1.54) is 30.3 Å². The predicted molar refractivity (Wildman–Crippen MR) is 111 cm³/mol. The fraction of sp³-hybridized carbons (Fsp3) is 0.333. The van der Waals surface area contributed by atoms with Gasteiger partial charge in [0.1, 0.15) is 5.82 Å². The van der Waals surface area contributed by atoms with Gasteiger partial charge in [-0.1, -0.05) is 17.7 Å². The molecule has 0 unspecified atom stereocenters. The molecule has 162 valence electrons. The number of hydrazine groups is 1. The van der Waals surface area contributed by atoms with E-state index in [1.54, 1.807) is 13.8 Å². The van der Waals surface area contributed by atoms with Crippen LogP contribution in [-0.4, -0.2) is 31.6 Å². The highest BCUT2D eigenvalue weighted by atomic mass is 35.5. The third-order valence-electron chi connectivity index (χ3n) is 3.89. The van der Waals surface area contributed by atoms with Gasteiger partial charge in [0.2, 0.25) is 11.7 Å². The summed E-state index contributed by atoms with van der Waals surface area (Å²) in [6.07, 6.45) is -0.330. The number of ether oxygens (including phenoxy) is 3. The molecule has 2 aromatic carbocycles. The molecule has 0 aliphatic heterocycles. The van der Waals surface area contributed by atoms with Gasteiger partial charge in [-0.2, -0.15) is 0 Å². The second-order valence-corrected chi connectivity index (χ2v) is 6.39. The van der Waals surface area contributed by atoms with Gasteiger partial charge in [0.25, 0.3) is 5.91 Å². The molecule has 0 aromatic heterocycles.